The minimum absolute atomic E-state index is 0.418. The Morgan fingerprint density at radius 3 is 2.86 bits per heavy atom. The van der Waals surface area contributed by atoms with E-state index in [9.17, 15) is 0 Å². The number of aryl methyl sites for hydroxylation is 1. The Morgan fingerprint density at radius 1 is 1.57 bits per heavy atom. The van der Waals surface area contributed by atoms with Gasteiger partial charge in [0, 0.05) is 25.6 Å². The van der Waals surface area contributed by atoms with Crippen molar-refractivity contribution in [2.24, 2.45) is 12.5 Å². The molecule has 1 saturated heterocycles. The summed E-state index contributed by atoms with van der Waals surface area (Å²) < 4.78 is 7.56. The van der Waals surface area contributed by atoms with Crippen molar-refractivity contribution in [3.8, 4) is 5.75 Å². The lowest BCUT2D eigenvalue weighted by Crippen LogP contribution is -2.62. The third-order valence-electron chi connectivity index (χ3n) is 3.31. The van der Waals surface area contributed by atoms with Crippen molar-refractivity contribution >= 4 is 0 Å². The molecule has 0 aromatic carbocycles. The third kappa shape index (κ3) is 1.21. The number of nitrogens with zero attached hydrogens (tertiary/aromatic N) is 2. The normalized spacial score (nSPS) is 24.4. The second kappa shape index (κ2) is 2.73. The van der Waals surface area contributed by atoms with Crippen LogP contribution in [-0.4, -0.2) is 29.0 Å². The zero-order valence-corrected chi connectivity index (χ0v) is 8.36. The molecule has 2 fully saturated rings. The van der Waals surface area contributed by atoms with Gasteiger partial charge in [0.1, 0.15) is 6.10 Å². The van der Waals surface area contributed by atoms with Gasteiger partial charge in [0.05, 0.1) is 12.4 Å². The Labute approximate surface area is 83.2 Å². The summed E-state index contributed by atoms with van der Waals surface area (Å²) in [7, 11) is 1.91. The van der Waals surface area contributed by atoms with Crippen LogP contribution in [0.15, 0.2) is 12.4 Å². The van der Waals surface area contributed by atoms with Crippen molar-refractivity contribution in [2.45, 2.75) is 18.9 Å². The average Bonchev–Trinajstić information content (AvgIpc) is 2.39. The first kappa shape index (κ1) is 8.29. The van der Waals surface area contributed by atoms with Crippen LogP contribution in [0.25, 0.3) is 0 Å². The highest BCUT2D eigenvalue weighted by Crippen LogP contribution is 2.45. The molecule has 14 heavy (non-hydrogen) atoms. The third-order valence-corrected chi connectivity index (χ3v) is 3.31. The lowest BCUT2D eigenvalue weighted by molar-refractivity contribution is -0.0495. The van der Waals surface area contributed by atoms with Gasteiger partial charge in [-0.25, -0.2) is 0 Å². The molecule has 1 aromatic rings. The molecule has 2 aliphatic rings. The molecule has 1 spiro atoms. The van der Waals surface area contributed by atoms with E-state index >= 15 is 0 Å². The average molecular weight is 193 g/mol. The Hall–Kier alpha value is -1.03. The lowest BCUT2D eigenvalue weighted by atomic mass is 9.63. The SMILES string of the molecule is Cn1cc(OC2CC3(CNC3)C2)cn1. The number of hydrogen-bond acceptors (Lipinski definition) is 3. The van der Waals surface area contributed by atoms with E-state index in [1.54, 1.807) is 10.9 Å². The fourth-order valence-electron chi connectivity index (χ4n) is 2.41. The molecule has 4 nitrogen and oxygen atoms in total. The summed E-state index contributed by atoms with van der Waals surface area (Å²) in [6.45, 7) is 2.36. The van der Waals surface area contributed by atoms with Crippen LogP contribution < -0.4 is 10.1 Å². The highest BCUT2D eigenvalue weighted by molar-refractivity contribution is 5.14. The predicted octanol–water partition coefficient (Wildman–Crippen LogP) is 0.551. The molecule has 1 N–H and O–H groups in total. The molecule has 3 rings (SSSR count). The number of hydrogen-bond donors (Lipinski definition) is 1. The molecule has 0 unspecified atom stereocenters. The number of ether oxygens (including phenoxy) is 1. The van der Waals surface area contributed by atoms with Gasteiger partial charge in [-0.1, -0.05) is 0 Å². The van der Waals surface area contributed by atoms with E-state index in [1.165, 1.54) is 25.9 Å². The van der Waals surface area contributed by atoms with Crippen LogP contribution in [0.2, 0.25) is 0 Å². The molecule has 1 saturated carbocycles. The van der Waals surface area contributed by atoms with E-state index < -0.39 is 0 Å². The number of rotatable bonds is 2. The van der Waals surface area contributed by atoms with E-state index in [4.69, 9.17) is 4.74 Å². The molecule has 0 atom stereocenters. The summed E-state index contributed by atoms with van der Waals surface area (Å²) in [4.78, 5) is 0. The Morgan fingerprint density at radius 2 is 2.36 bits per heavy atom. The fourth-order valence-corrected chi connectivity index (χ4v) is 2.41. The molecule has 1 aliphatic heterocycles. The van der Waals surface area contributed by atoms with Crippen LogP contribution >= 0.6 is 0 Å². The molecule has 0 amide bonds. The molecular formula is C10H15N3O. The summed E-state index contributed by atoms with van der Waals surface area (Å²) >= 11 is 0. The Kier molecular flexibility index (Phi) is 1.62. The van der Waals surface area contributed by atoms with Gasteiger partial charge in [0.25, 0.3) is 0 Å². The van der Waals surface area contributed by atoms with Crippen molar-refractivity contribution in [3.05, 3.63) is 12.4 Å². The lowest BCUT2D eigenvalue weighted by Gasteiger charge is -2.53. The first-order valence-corrected chi connectivity index (χ1v) is 5.12. The maximum absolute atomic E-state index is 5.79. The van der Waals surface area contributed by atoms with E-state index in [1.807, 2.05) is 13.2 Å². The molecule has 0 radical (unpaired) electrons. The van der Waals surface area contributed by atoms with Crippen LogP contribution in [0.1, 0.15) is 12.8 Å². The molecule has 1 aromatic heterocycles. The van der Waals surface area contributed by atoms with Crippen molar-refractivity contribution < 1.29 is 4.74 Å². The van der Waals surface area contributed by atoms with Crippen LogP contribution in [0.4, 0.5) is 0 Å². The topological polar surface area (TPSA) is 39.1 Å². The van der Waals surface area contributed by atoms with Gasteiger partial charge in [-0.2, -0.15) is 5.10 Å². The van der Waals surface area contributed by atoms with E-state index in [2.05, 4.69) is 10.4 Å². The summed E-state index contributed by atoms with van der Waals surface area (Å²) in [5, 5.41) is 7.40. The number of nitrogens with one attached hydrogen (secondary N) is 1. The molecule has 0 bridgehead atoms. The first-order chi connectivity index (χ1) is 6.76. The van der Waals surface area contributed by atoms with E-state index in [-0.39, 0.29) is 0 Å². The second-order valence-corrected chi connectivity index (χ2v) is 4.60. The minimum Gasteiger partial charge on any atom is -0.487 e. The fraction of sp³-hybridized carbons (Fsp3) is 0.700. The standard InChI is InChI=1S/C10H15N3O/c1-13-5-9(4-12-13)14-8-2-10(3-8)6-11-7-10/h4-5,8,11H,2-3,6-7H2,1H3. The van der Waals surface area contributed by atoms with Gasteiger partial charge in [-0.3, -0.25) is 4.68 Å². The second-order valence-electron chi connectivity index (χ2n) is 4.60. The molecule has 76 valence electrons. The summed E-state index contributed by atoms with van der Waals surface area (Å²) in [6.07, 6.45) is 6.53. The molecule has 2 heterocycles. The maximum Gasteiger partial charge on any atom is 0.157 e. The smallest absolute Gasteiger partial charge is 0.157 e. The summed E-state index contributed by atoms with van der Waals surface area (Å²) in [5.74, 6) is 0.902. The van der Waals surface area contributed by atoms with Gasteiger partial charge in [-0.15, -0.1) is 0 Å². The van der Waals surface area contributed by atoms with Gasteiger partial charge in [-0.05, 0) is 12.8 Å². The molecular weight excluding hydrogens is 178 g/mol. The highest BCUT2D eigenvalue weighted by atomic mass is 16.5. The highest BCUT2D eigenvalue weighted by Gasteiger charge is 2.49. The van der Waals surface area contributed by atoms with Gasteiger partial charge < -0.3 is 10.1 Å². The van der Waals surface area contributed by atoms with Crippen LogP contribution in [0.5, 0.6) is 5.75 Å². The Balaban J connectivity index is 1.55. The van der Waals surface area contributed by atoms with Gasteiger partial charge >= 0.3 is 0 Å². The van der Waals surface area contributed by atoms with E-state index in [0.717, 1.165) is 5.75 Å². The largest absolute Gasteiger partial charge is 0.487 e. The van der Waals surface area contributed by atoms with Crippen molar-refractivity contribution in [3.63, 3.8) is 0 Å². The van der Waals surface area contributed by atoms with Gasteiger partial charge in [0.15, 0.2) is 5.75 Å². The zero-order valence-electron chi connectivity index (χ0n) is 8.36. The molecule has 1 aliphatic carbocycles. The zero-order chi connectivity index (χ0) is 9.60. The van der Waals surface area contributed by atoms with E-state index in [0.29, 0.717) is 11.5 Å². The Bertz CT molecular complexity index is 335. The van der Waals surface area contributed by atoms with Crippen LogP contribution in [0, 0.1) is 5.41 Å². The first-order valence-electron chi connectivity index (χ1n) is 5.12. The summed E-state index contributed by atoms with van der Waals surface area (Å²) in [6, 6.07) is 0. The van der Waals surface area contributed by atoms with Gasteiger partial charge in [0.2, 0.25) is 0 Å². The number of aromatic nitrogens is 2. The summed E-state index contributed by atoms with van der Waals surface area (Å²) in [5.41, 5.74) is 0.590. The van der Waals surface area contributed by atoms with Crippen LogP contribution in [0.3, 0.4) is 0 Å². The molecule has 4 heteroatoms. The maximum atomic E-state index is 5.79. The quantitative estimate of drug-likeness (QED) is 0.745. The minimum atomic E-state index is 0.418. The van der Waals surface area contributed by atoms with Crippen molar-refractivity contribution in [1.29, 1.82) is 0 Å². The monoisotopic (exact) mass is 193 g/mol. The van der Waals surface area contributed by atoms with Crippen molar-refractivity contribution in [1.82, 2.24) is 15.1 Å². The van der Waals surface area contributed by atoms with Crippen LogP contribution in [-0.2, 0) is 7.05 Å². The predicted molar refractivity (Wildman–Crippen MR) is 52.2 cm³/mol. The van der Waals surface area contributed by atoms with Crippen molar-refractivity contribution in [2.75, 3.05) is 13.1 Å².